The number of benzene rings is 3. The van der Waals surface area contributed by atoms with Gasteiger partial charge in [0.25, 0.3) is 0 Å². The molecule has 4 atom stereocenters. The molecule has 0 spiro atoms. The number of anilines is 1. The predicted octanol–water partition coefficient (Wildman–Crippen LogP) is 7.63. The van der Waals surface area contributed by atoms with Gasteiger partial charge < -0.3 is 14.8 Å². The number of rotatable bonds is 8. The van der Waals surface area contributed by atoms with Crippen molar-refractivity contribution in [3.05, 3.63) is 96.1 Å². The van der Waals surface area contributed by atoms with E-state index in [2.05, 4.69) is 62.2 Å². The second-order valence-electron chi connectivity index (χ2n) is 11.3. The van der Waals surface area contributed by atoms with Gasteiger partial charge in [-0.2, -0.15) is 0 Å². The lowest BCUT2D eigenvalue weighted by Gasteiger charge is -2.44. The summed E-state index contributed by atoms with van der Waals surface area (Å²) in [6.07, 6.45) is 3.25. The third-order valence-corrected chi connectivity index (χ3v) is 8.28. The summed E-state index contributed by atoms with van der Waals surface area (Å²) >= 11 is 0. The quantitative estimate of drug-likeness (QED) is 0.244. The molecule has 0 saturated heterocycles. The molecule has 4 heteroatoms. The first kappa shape index (κ1) is 28.3. The van der Waals surface area contributed by atoms with Gasteiger partial charge in [0.05, 0.1) is 7.11 Å². The molecule has 0 radical (unpaired) electrons. The first-order valence-electron chi connectivity index (χ1n) is 14.0. The van der Waals surface area contributed by atoms with Crippen LogP contribution in [0.25, 0.3) is 0 Å². The molecule has 0 heterocycles. The Labute approximate surface area is 234 Å². The molecular formula is C35H41NO3. The molecule has 3 aromatic carbocycles. The lowest BCUT2D eigenvalue weighted by molar-refractivity contribution is -0.160. The average Bonchev–Trinajstić information content (AvgIpc) is 2.96. The van der Waals surface area contributed by atoms with E-state index in [4.69, 9.17) is 9.47 Å². The van der Waals surface area contributed by atoms with Gasteiger partial charge in [0, 0.05) is 17.2 Å². The monoisotopic (exact) mass is 523 g/mol. The van der Waals surface area contributed by atoms with Crippen molar-refractivity contribution < 1.29 is 14.3 Å². The van der Waals surface area contributed by atoms with Gasteiger partial charge in [-0.25, -0.2) is 4.79 Å². The topological polar surface area (TPSA) is 47.6 Å². The standard InChI is InChI=1S/C35H41NO3/c1-6-35(24-23-27-13-9-7-10-14-27,36-29-18-20-30(38-5)21-19-29)33(37)39-32-25-26(2)17-22-31(32)34(3,4)28-15-11-8-12-16-28/h7-16,18-21,26,31-32,36H,6,17,22,25H2,1-5H3/t26-,31-,32-,35-/m1/s1. The van der Waals surface area contributed by atoms with Crippen LogP contribution in [-0.2, 0) is 14.9 Å². The van der Waals surface area contributed by atoms with Gasteiger partial charge in [-0.3, -0.25) is 0 Å². The third kappa shape index (κ3) is 6.66. The number of esters is 1. The van der Waals surface area contributed by atoms with Crippen molar-refractivity contribution in [1.29, 1.82) is 0 Å². The number of methoxy groups -OCH3 is 1. The molecule has 1 saturated carbocycles. The van der Waals surface area contributed by atoms with Gasteiger partial charge in [-0.1, -0.05) is 94.5 Å². The zero-order valence-corrected chi connectivity index (χ0v) is 23.9. The Hall–Kier alpha value is -3.71. The van der Waals surface area contributed by atoms with Gasteiger partial charge in [0.1, 0.15) is 11.9 Å². The van der Waals surface area contributed by atoms with E-state index in [1.807, 2.05) is 67.6 Å². The largest absolute Gasteiger partial charge is 0.497 e. The zero-order chi connectivity index (χ0) is 27.9. The Morgan fingerprint density at radius 1 is 0.949 bits per heavy atom. The summed E-state index contributed by atoms with van der Waals surface area (Å²) in [5.74, 6) is 7.66. The van der Waals surface area contributed by atoms with Crippen LogP contribution >= 0.6 is 0 Å². The van der Waals surface area contributed by atoms with Crippen LogP contribution in [0.3, 0.4) is 0 Å². The minimum Gasteiger partial charge on any atom is -0.497 e. The van der Waals surface area contributed by atoms with Crippen LogP contribution in [0.15, 0.2) is 84.9 Å². The molecule has 1 N–H and O–H groups in total. The summed E-state index contributed by atoms with van der Waals surface area (Å²) in [6.45, 7) is 8.79. The highest BCUT2D eigenvalue weighted by atomic mass is 16.5. The fraction of sp³-hybridized carbons (Fsp3) is 0.400. The van der Waals surface area contributed by atoms with Crippen LogP contribution in [0.5, 0.6) is 5.75 Å². The van der Waals surface area contributed by atoms with Crippen molar-refractivity contribution >= 4 is 11.7 Å². The maximum atomic E-state index is 14.2. The lowest BCUT2D eigenvalue weighted by atomic mass is 9.64. The molecule has 1 fully saturated rings. The van der Waals surface area contributed by atoms with E-state index < -0.39 is 5.54 Å². The van der Waals surface area contributed by atoms with Crippen molar-refractivity contribution in [3.8, 4) is 17.6 Å². The van der Waals surface area contributed by atoms with Crippen molar-refractivity contribution in [2.75, 3.05) is 12.4 Å². The Morgan fingerprint density at radius 2 is 1.59 bits per heavy atom. The van der Waals surface area contributed by atoms with E-state index in [0.29, 0.717) is 12.3 Å². The summed E-state index contributed by atoms with van der Waals surface area (Å²) in [6, 6.07) is 27.9. The van der Waals surface area contributed by atoms with Crippen molar-refractivity contribution in [1.82, 2.24) is 0 Å². The smallest absolute Gasteiger partial charge is 0.344 e. The van der Waals surface area contributed by atoms with Crippen LogP contribution in [-0.4, -0.2) is 24.7 Å². The molecule has 1 aliphatic carbocycles. The van der Waals surface area contributed by atoms with Crippen LogP contribution < -0.4 is 10.1 Å². The Bertz CT molecular complexity index is 1270. The highest BCUT2D eigenvalue weighted by Crippen LogP contribution is 2.44. The molecular weight excluding hydrogens is 482 g/mol. The van der Waals surface area contributed by atoms with Crippen molar-refractivity contribution in [3.63, 3.8) is 0 Å². The van der Waals surface area contributed by atoms with Gasteiger partial charge in [-0.15, -0.1) is 0 Å². The van der Waals surface area contributed by atoms with E-state index in [9.17, 15) is 4.79 Å². The SMILES string of the molecule is CC[C@](C#Cc1ccccc1)(Nc1ccc(OC)cc1)C(=O)O[C@@H]1C[C@H](C)CC[C@H]1C(C)(C)c1ccccc1. The van der Waals surface area contributed by atoms with Gasteiger partial charge in [0.15, 0.2) is 5.54 Å². The maximum absolute atomic E-state index is 14.2. The molecule has 1 aliphatic rings. The summed E-state index contributed by atoms with van der Waals surface area (Å²) < 4.78 is 11.8. The molecule has 4 nitrogen and oxygen atoms in total. The summed E-state index contributed by atoms with van der Waals surface area (Å²) in [5.41, 5.74) is 1.57. The first-order chi connectivity index (χ1) is 18.8. The maximum Gasteiger partial charge on any atom is 0.344 e. The number of carbonyl (C=O) groups excluding carboxylic acids is 1. The van der Waals surface area contributed by atoms with Gasteiger partial charge >= 0.3 is 5.97 Å². The summed E-state index contributed by atoms with van der Waals surface area (Å²) in [5, 5.41) is 3.45. The van der Waals surface area contributed by atoms with E-state index in [-0.39, 0.29) is 23.4 Å². The van der Waals surface area contributed by atoms with E-state index >= 15 is 0 Å². The van der Waals surface area contributed by atoms with E-state index in [0.717, 1.165) is 36.3 Å². The van der Waals surface area contributed by atoms with E-state index in [1.165, 1.54) is 5.56 Å². The van der Waals surface area contributed by atoms with Crippen LogP contribution in [0, 0.1) is 23.7 Å². The molecule has 3 aromatic rings. The Morgan fingerprint density at radius 3 is 2.21 bits per heavy atom. The third-order valence-electron chi connectivity index (χ3n) is 8.28. The fourth-order valence-electron chi connectivity index (χ4n) is 5.68. The average molecular weight is 524 g/mol. The Balaban J connectivity index is 1.68. The zero-order valence-electron chi connectivity index (χ0n) is 23.9. The number of hydrogen-bond acceptors (Lipinski definition) is 4. The normalized spacial score (nSPS) is 20.6. The number of nitrogens with one attached hydrogen (secondary N) is 1. The van der Waals surface area contributed by atoms with Crippen LogP contribution in [0.4, 0.5) is 5.69 Å². The van der Waals surface area contributed by atoms with Crippen molar-refractivity contribution in [2.24, 2.45) is 11.8 Å². The fourth-order valence-corrected chi connectivity index (χ4v) is 5.68. The van der Waals surface area contributed by atoms with Gasteiger partial charge in [0.2, 0.25) is 0 Å². The second kappa shape index (κ2) is 12.4. The van der Waals surface area contributed by atoms with Crippen LogP contribution in [0.1, 0.15) is 64.5 Å². The molecule has 0 aromatic heterocycles. The lowest BCUT2D eigenvalue weighted by Crippen LogP contribution is -2.50. The minimum atomic E-state index is -1.20. The van der Waals surface area contributed by atoms with E-state index in [1.54, 1.807) is 7.11 Å². The first-order valence-corrected chi connectivity index (χ1v) is 14.0. The number of hydrogen-bond donors (Lipinski definition) is 1. The summed E-state index contributed by atoms with van der Waals surface area (Å²) in [4.78, 5) is 14.2. The highest BCUT2D eigenvalue weighted by Gasteiger charge is 2.45. The molecule has 4 rings (SSSR count). The van der Waals surface area contributed by atoms with Crippen LogP contribution in [0.2, 0.25) is 0 Å². The predicted molar refractivity (Wildman–Crippen MR) is 159 cm³/mol. The highest BCUT2D eigenvalue weighted by molar-refractivity contribution is 5.89. The number of ether oxygens (including phenoxy) is 2. The van der Waals surface area contributed by atoms with Crippen molar-refractivity contribution in [2.45, 2.75) is 70.4 Å². The molecule has 0 aliphatic heterocycles. The Kier molecular flexibility index (Phi) is 9.02. The molecule has 0 bridgehead atoms. The summed E-state index contributed by atoms with van der Waals surface area (Å²) in [7, 11) is 1.64. The molecule has 39 heavy (non-hydrogen) atoms. The number of carbonyl (C=O) groups is 1. The van der Waals surface area contributed by atoms with Gasteiger partial charge in [-0.05, 0) is 72.6 Å². The second-order valence-corrected chi connectivity index (χ2v) is 11.3. The molecule has 0 amide bonds. The molecule has 204 valence electrons. The minimum absolute atomic E-state index is 0.139. The molecule has 0 unspecified atom stereocenters.